The van der Waals surface area contributed by atoms with Crippen molar-refractivity contribution >= 4 is 0 Å². The molecule has 0 radical (unpaired) electrons. The molecule has 0 bridgehead atoms. The summed E-state index contributed by atoms with van der Waals surface area (Å²) < 4.78 is 8.67. The average molecular weight is 431 g/mol. The van der Waals surface area contributed by atoms with Crippen LogP contribution in [-0.2, 0) is 12.0 Å². The molecule has 0 fully saturated rings. The number of hydrogen-bond acceptors (Lipinski definition) is 5. The molecular weight excluding hydrogens is 404 g/mol. The molecular formula is C25H26N4O3. The summed E-state index contributed by atoms with van der Waals surface area (Å²) >= 11 is 0. The van der Waals surface area contributed by atoms with E-state index >= 15 is 0 Å². The molecule has 0 aliphatic carbocycles. The van der Waals surface area contributed by atoms with Gasteiger partial charge in [0.2, 0.25) is 0 Å². The lowest BCUT2D eigenvalue weighted by Gasteiger charge is -2.26. The summed E-state index contributed by atoms with van der Waals surface area (Å²) in [6, 6.07) is 21.3. The minimum absolute atomic E-state index is 0.0283. The van der Waals surface area contributed by atoms with E-state index in [0.717, 1.165) is 0 Å². The predicted octanol–water partition coefficient (Wildman–Crippen LogP) is 3.19. The lowest BCUT2D eigenvalue weighted by atomic mass is 9.78. The highest BCUT2D eigenvalue weighted by molar-refractivity contribution is 5.39. The van der Waals surface area contributed by atoms with Crippen molar-refractivity contribution in [1.82, 2.24) is 19.3 Å². The maximum atomic E-state index is 12.1. The second-order valence-electron chi connectivity index (χ2n) is 8.16. The third kappa shape index (κ3) is 4.78. The van der Waals surface area contributed by atoms with Crippen molar-refractivity contribution in [3.63, 3.8) is 0 Å². The fourth-order valence-corrected chi connectivity index (χ4v) is 3.54. The second-order valence-corrected chi connectivity index (χ2v) is 8.16. The van der Waals surface area contributed by atoms with Gasteiger partial charge < -0.3 is 9.84 Å². The molecule has 164 valence electrons. The molecule has 0 saturated carbocycles. The smallest absolute Gasteiger partial charge is 0.266 e. The topological polar surface area (TPSA) is 82.2 Å². The van der Waals surface area contributed by atoms with Crippen LogP contribution in [0.4, 0.5) is 0 Å². The van der Waals surface area contributed by atoms with Gasteiger partial charge in [0, 0.05) is 23.9 Å². The summed E-state index contributed by atoms with van der Waals surface area (Å²) in [6.07, 6.45) is 4.07. The second kappa shape index (κ2) is 9.20. The van der Waals surface area contributed by atoms with Crippen molar-refractivity contribution in [3.05, 3.63) is 107 Å². The van der Waals surface area contributed by atoms with Crippen molar-refractivity contribution < 1.29 is 9.84 Å². The molecule has 0 aliphatic heterocycles. The van der Waals surface area contributed by atoms with Gasteiger partial charge in [0.1, 0.15) is 24.8 Å². The van der Waals surface area contributed by atoms with E-state index < -0.39 is 6.10 Å². The van der Waals surface area contributed by atoms with Gasteiger partial charge in [0.05, 0.1) is 6.54 Å². The Balaban J connectivity index is 1.38. The van der Waals surface area contributed by atoms with E-state index in [1.54, 1.807) is 29.4 Å². The molecule has 7 nitrogen and oxygen atoms in total. The van der Waals surface area contributed by atoms with E-state index in [1.165, 1.54) is 21.9 Å². The summed E-state index contributed by atoms with van der Waals surface area (Å²) in [5, 5.41) is 14.7. The lowest BCUT2D eigenvalue weighted by molar-refractivity contribution is 0.0879. The van der Waals surface area contributed by atoms with E-state index in [0.29, 0.717) is 11.6 Å². The van der Waals surface area contributed by atoms with Gasteiger partial charge in [-0.2, -0.15) is 5.10 Å². The molecule has 32 heavy (non-hydrogen) atoms. The number of aliphatic hydroxyl groups excluding tert-OH is 1. The van der Waals surface area contributed by atoms with E-state index in [-0.39, 0.29) is 24.1 Å². The molecule has 0 spiro atoms. The Hall–Kier alpha value is -3.71. The number of benzene rings is 2. The van der Waals surface area contributed by atoms with Gasteiger partial charge in [-0.15, -0.1) is 0 Å². The SMILES string of the molecule is CC(C)(c1ccccc1)c1ccc(OCC(O)Cn2nc(-n3ccnc3)ccc2=O)cc1. The lowest BCUT2D eigenvalue weighted by Crippen LogP contribution is -2.32. The van der Waals surface area contributed by atoms with Gasteiger partial charge in [-0.1, -0.05) is 56.3 Å². The minimum atomic E-state index is -0.890. The van der Waals surface area contributed by atoms with E-state index in [2.05, 4.69) is 36.1 Å². The first-order chi connectivity index (χ1) is 15.4. The Bertz CT molecular complexity index is 1200. The van der Waals surface area contributed by atoms with Crippen LogP contribution >= 0.6 is 0 Å². The molecule has 0 saturated heterocycles. The molecule has 2 heterocycles. The first kappa shape index (κ1) is 21.5. The fourth-order valence-electron chi connectivity index (χ4n) is 3.54. The first-order valence-electron chi connectivity index (χ1n) is 10.5. The van der Waals surface area contributed by atoms with Crippen LogP contribution in [0.5, 0.6) is 5.75 Å². The zero-order valence-corrected chi connectivity index (χ0v) is 18.1. The predicted molar refractivity (Wildman–Crippen MR) is 122 cm³/mol. The highest BCUT2D eigenvalue weighted by atomic mass is 16.5. The monoisotopic (exact) mass is 430 g/mol. The molecule has 7 heteroatoms. The van der Waals surface area contributed by atoms with Crippen molar-refractivity contribution in [2.75, 3.05) is 6.61 Å². The standard InChI is InChI=1S/C25H26N4O3/c1-25(2,19-6-4-3-5-7-19)20-8-10-22(11-9-20)32-17-21(30)16-29-24(31)13-12-23(27-29)28-15-14-26-18-28/h3-15,18,21,30H,16-17H2,1-2H3. The molecule has 4 aromatic rings. The molecule has 1 unspecified atom stereocenters. The summed E-state index contributed by atoms with van der Waals surface area (Å²) in [6.45, 7) is 4.44. The van der Waals surface area contributed by atoms with Crippen LogP contribution in [0.3, 0.4) is 0 Å². The van der Waals surface area contributed by atoms with Crippen LogP contribution in [0.2, 0.25) is 0 Å². The highest BCUT2D eigenvalue weighted by Gasteiger charge is 2.22. The Morgan fingerprint density at radius 2 is 1.72 bits per heavy atom. The van der Waals surface area contributed by atoms with Gasteiger partial charge in [-0.3, -0.25) is 9.36 Å². The van der Waals surface area contributed by atoms with Gasteiger partial charge in [0.25, 0.3) is 5.56 Å². The van der Waals surface area contributed by atoms with Crippen molar-refractivity contribution in [1.29, 1.82) is 0 Å². The third-order valence-electron chi connectivity index (χ3n) is 5.52. The Morgan fingerprint density at radius 3 is 2.41 bits per heavy atom. The molecule has 4 rings (SSSR count). The number of rotatable bonds is 8. The zero-order valence-electron chi connectivity index (χ0n) is 18.1. The van der Waals surface area contributed by atoms with Gasteiger partial charge in [-0.25, -0.2) is 9.67 Å². The van der Waals surface area contributed by atoms with Gasteiger partial charge >= 0.3 is 0 Å². The number of ether oxygens (including phenoxy) is 1. The van der Waals surface area contributed by atoms with E-state index in [1.807, 2.05) is 42.5 Å². The van der Waals surface area contributed by atoms with Crippen LogP contribution in [-0.4, -0.2) is 37.1 Å². The largest absolute Gasteiger partial charge is 0.491 e. The maximum Gasteiger partial charge on any atom is 0.266 e. The van der Waals surface area contributed by atoms with Crippen molar-refractivity contribution in [3.8, 4) is 11.6 Å². The maximum absolute atomic E-state index is 12.1. The van der Waals surface area contributed by atoms with Crippen molar-refractivity contribution in [2.45, 2.75) is 31.9 Å². The molecule has 1 atom stereocenters. The van der Waals surface area contributed by atoms with Crippen LogP contribution in [0, 0.1) is 0 Å². The quantitative estimate of drug-likeness (QED) is 0.464. The summed E-state index contributed by atoms with van der Waals surface area (Å²) in [7, 11) is 0. The van der Waals surface area contributed by atoms with Crippen LogP contribution in [0.1, 0.15) is 25.0 Å². The van der Waals surface area contributed by atoms with E-state index in [4.69, 9.17) is 4.74 Å². The number of nitrogens with zero attached hydrogens (tertiary/aromatic N) is 4. The fraction of sp³-hybridized carbons (Fsp3) is 0.240. The number of imidazole rings is 1. The molecule has 0 amide bonds. The Kier molecular flexibility index (Phi) is 6.18. The minimum Gasteiger partial charge on any atom is -0.491 e. The number of aliphatic hydroxyl groups is 1. The summed E-state index contributed by atoms with van der Waals surface area (Å²) in [5.41, 5.74) is 1.98. The van der Waals surface area contributed by atoms with E-state index in [9.17, 15) is 9.90 Å². The van der Waals surface area contributed by atoms with Crippen molar-refractivity contribution in [2.24, 2.45) is 0 Å². The number of aromatic nitrogens is 4. The number of hydrogen-bond donors (Lipinski definition) is 1. The third-order valence-corrected chi connectivity index (χ3v) is 5.52. The van der Waals surface area contributed by atoms with Crippen LogP contribution < -0.4 is 10.3 Å². The average Bonchev–Trinajstić information content (AvgIpc) is 3.35. The molecule has 0 aliphatic rings. The summed E-state index contributed by atoms with van der Waals surface area (Å²) in [5.74, 6) is 1.20. The van der Waals surface area contributed by atoms with Crippen LogP contribution in [0.15, 0.2) is 90.2 Å². The summed E-state index contributed by atoms with van der Waals surface area (Å²) in [4.78, 5) is 16.1. The Morgan fingerprint density at radius 1 is 1.00 bits per heavy atom. The Labute approximate surface area is 186 Å². The van der Waals surface area contributed by atoms with Gasteiger partial charge in [-0.05, 0) is 29.3 Å². The normalized spacial score (nSPS) is 12.5. The molecule has 2 aromatic carbocycles. The van der Waals surface area contributed by atoms with Gasteiger partial charge in [0.15, 0.2) is 5.82 Å². The van der Waals surface area contributed by atoms with Crippen LogP contribution in [0.25, 0.3) is 5.82 Å². The highest BCUT2D eigenvalue weighted by Crippen LogP contribution is 2.32. The molecule has 1 N–H and O–H groups in total. The zero-order chi connectivity index (χ0) is 22.6. The first-order valence-corrected chi connectivity index (χ1v) is 10.5. The molecule has 2 aromatic heterocycles.